The molecule has 0 spiro atoms. The molecule has 0 aliphatic heterocycles. The van der Waals surface area contributed by atoms with Crippen LogP contribution in [0.3, 0.4) is 0 Å². The number of carboxylic acid groups (broad SMARTS) is 1. The molecule has 0 aliphatic rings. The molecule has 7 nitrogen and oxygen atoms in total. The molecule has 0 bridgehead atoms. The Balaban J connectivity index is 2.76. The SMILES string of the molecule is CCCNC(C)(CSc1n[nH]c(=O)n1CC)C(=O)O. The first-order valence-corrected chi connectivity index (χ1v) is 7.19. The summed E-state index contributed by atoms with van der Waals surface area (Å²) >= 11 is 1.26. The molecule has 0 saturated heterocycles. The average Bonchev–Trinajstić information content (AvgIpc) is 2.74. The van der Waals surface area contributed by atoms with Crippen molar-refractivity contribution in [2.24, 2.45) is 0 Å². The Morgan fingerprint density at radius 2 is 2.26 bits per heavy atom. The van der Waals surface area contributed by atoms with Gasteiger partial charge in [0, 0.05) is 12.3 Å². The summed E-state index contributed by atoms with van der Waals surface area (Å²) < 4.78 is 1.48. The minimum absolute atomic E-state index is 0.274. The van der Waals surface area contributed by atoms with Crippen LogP contribution < -0.4 is 11.0 Å². The Kier molecular flexibility index (Phi) is 5.61. The van der Waals surface area contributed by atoms with E-state index in [2.05, 4.69) is 15.5 Å². The molecule has 0 aromatic carbocycles. The number of aromatic nitrogens is 3. The van der Waals surface area contributed by atoms with Gasteiger partial charge in [-0.15, -0.1) is 5.10 Å². The first-order chi connectivity index (χ1) is 8.94. The minimum Gasteiger partial charge on any atom is -0.480 e. The van der Waals surface area contributed by atoms with E-state index in [1.807, 2.05) is 13.8 Å². The summed E-state index contributed by atoms with van der Waals surface area (Å²) in [7, 11) is 0. The summed E-state index contributed by atoms with van der Waals surface area (Å²) in [6, 6.07) is 0. The molecule has 1 aromatic heterocycles. The monoisotopic (exact) mass is 288 g/mol. The van der Waals surface area contributed by atoms with Crippen molar-refractivity contribution < 1.29 is 9.90 Å². The van der Waals surface area contributed by atoms with Gasteiger partial charge < -0.3 is 10.4 Å². The average molecular weight is 288 g/mol. The van der Waals surface area contributed by atoms with Gasteiger partial charge in [0.05, 0.1) is 0 Å². The van der Waals surface area contributed by atoms with E-state index in [4.69, 9.17) is 0 Å². The zero-order valence-corrected chi connectivity index (χ0v) is 12.2. The van der Waals surface area contributed by atoms with Gasteiger partial charge in [0.15, 0.2) is 5.16 Å². The van der Waals surface area contributed by atoms with Crippen LogP contribution >= 0.6 is 11.8 Å². The standard InChI is InChI=1S/C11H20N4O3S/c1-4-6-12-11(3,8(16)17)7-19-10-14-13-9(18)15(10)5-2/h12H,4-7H2,1-3H3,(H,13,18)(H,16,17). The van der Waals surface area contributed by atoms with Gasteiger partial charge in [-0.1, -0.05) is 18.7 Å². The second-order valence-corrected chi connectivity index (χ2v) is 5.35. The van der Waals surface area contributed by atoms with Crippen LogP contribution in [-0.4, -0.2) is 43.7 Å². The normalized spacial score (nSPS) is 14.3. The molecular weight excluding hydrogens is 268 g/mol. The van der Waals surface area contributed by atoms with Gasteiger partial charge in [0.25, 0.3) is 0 Å². The Morgan fingerprint density at radius 3 is 2.79 bits per heavy atom. The van der Waals surface area contributed by atoms with Gasteiger partial charge in [-0.3, -0.25) is 9.36 Å². The lowest BCUT2D eigenvalue weighted by Gasteiger charge is -2.25. The van der Waals surface area contributed by atoms with Crippen molar-refractivity contribution in [2.45, 2.75) is 44.4 Å². The van der Waals surface area contributed by atoms with E-state index in [9.17, 15) is 14.7 Å². The largest absolute Gasteiger partial charge is 0.480 e. The molecule has 0 amide bonds. The van der Waals surface area contributed by atoms with E-state index in [1.165, 1.54) is 16.3 Å². The van der Waals surface area contributed by atoms with Crippen molar-refractivity contribution in [3.8, 4) is 0 Å². The van der Waals surface area contributed by atoms with E-state index >= 15 is 0 Å². The van der Waals surface area contributed by atoms with Crippen molar-refractivity contribution in [1.82, 2.24) is 20.1 Å². The Bertz CT molecular complexity index is 485. The zero-order chi connectivity index (χ0) is 14.5. The molecule has 1 atom stereocenters. The summed E-state index contributed by atoms with van der Waals surface area (Å²) in [6.07, 6.45) is 0.857. The lowest BCUT2D eigenvalue weighted by atomic mass is 10.1. The van der Waals surface area contributed by atoms with Crippen LogP contribution in [0.15, 0.2) is 9.95 Å². The maximum absolute atomic E-state index is 11.4. The molecule has 0 aliphatic carbocycles. The molecule has 0 fully saturated rings. The first kappa shape index (κ1) is 15.8. The highest BCUT2D eigenvalue weighted by atomic mass is 32.2. The Morgan fingerprint density at radius 1 is 1.58 bits per heavy atom. The van der Waals surface area contributed by atoms with E-state index in [0.717, 1.165) is 6.42 Å². The molecule has 3 N–H and O–H groups in total. The van der Waals surface area contributed by atoms with Gasteiger partial charge in [-0.05, 0) is 26.8 Å². The first-order valence-electron chi connectivity index (χ1n) is 6.21. The summed E-state index contributed by atoms with van der Waals surface area (Å²) in [5.74, 6) is -0.610. The van der Waals surface area contributed by atoms with Crippen LogP contribution in [0, 0.1) is 0 Å². The maximum Gasteiger partial charge on any atom is 0.343 e. The number of nitrogens with zero attached hydrogens (tertiary/aromatic N) is 2. The van der Waals surface area contributed by atoms with Gasteiger partial charge in [-0.2, -0.15) is 0 Å². The third-order valence-corrected chi connectivity index (χ3v) is 4.06. The Hall–Kier alpha value is -1.28. The predicted molar refractivity (Wildman–Crippen MR) is 73.6 cm³/mol. The van der Waals surface area contributed by atoms with Crippen LogP contribution in [0.1, 0.15) is 27.2 Å². The van der Waals surface area contributed by atoms with E-state index in [0.29, 0.717) is 24.0 Å². The lowest BCUT2D eigenvalue weighted by Crippen LogP contribution is -2.52. The fourth-order valence-corrected chi connectivity index (χ4v) is 2.61. The molecule has 1 unspecified atom stereocenters. The van der Waals surface area contributed by atoms with Gasteiger partial charge in [0.2, 0.25) is 0 Å². The van der Waals surface area contributed by atoms with Crippen LogP contribution in [0.2, 0.25) is 0 Å². The van der Waals surface area contributed by atoms with Crippen LogP contribution in [0.4, 0.5) is 0 Å². The quantitative estimate of drug-likeness (QED) is 0.603. The van der Waals surface area contributed by atoms with Crippen molar-refractivity contribution in [2.75, 3.05) is 12.3 Å². The van der Waals surface area contributed by atoms with Gasteiger partial charge >= 0.3 is 11.7 Å². The predicted octanol–water partition coefficient (Wildman–Crippen LogP) is 0.526. The number of hydrogen-bond acceptors (Lipinski definition) is 5. The van der Waals surface area contributed by atoms with Crippen molar-refractivity contribution in [1.29, 1.82) is 0 Å². The summed E-state index contributed by atoms with van der Waals surface area (Å²) in [5, 5.41) is 19.1. The third-order valence-electron chi connectivity index (χ3n) is 2.77. The number of rotatable bonds is 8. The van der Waals surface area contributed by atoms with Gasteiger partial charge in [0.1, 0.15) is 5.54 Å². The Labute approximate surface area is 115 Å². The molecule has 19 heavy (non-hydrogen) atoms. The fraction of sp³-hybridized carbons (Fsp3) is 0.727. The number of aliphatic carboxylic acids is 1. The zero-order valence-electron chi connectivity index (χ0n) is 11.4. The molecule has 1 aromatic rings. The van der Waals surface area contributed by atoms with E-state index < -0.39 is 11.5 Å². The number of H-pyrrole nitrogens is 1. The van der Waals surface area contributed by atoms with Crippen LogP contribution in [0.25, 0.3) is 0 Å². The molecule has 1 rings (SSSR count). The third kappa shape index (κ3) is 3.84. The molecule has 0 radical (unpaired) electrons. The fourth-order valence-electron chi connectivity index (χ4n) is 1.49. The highest BCUT2D eigenvalue weighted by Gasteiger charge is 2.33. The molecule has 8 heteroatoms. The van der Waals surface area contributed by atoms with Gasteiger partial charge in [-0.25, -0.2) is 9.89 Å². The van der Waals surface area contributed by atoms with E-state index in [1.54, 1.807) is 6.92 Å². The van der Waals surface area contributed by atoms with Crippen LogP contribution in [-0.2, 0) is 11.3 Å². The lowest BCUT2D eigenvalue weighted by molar-refractivity contribution is -0.143. The highest BCUT2D eigenvalue weighted by Crippen LogP contribution is 2.20. The number of aromatic amines is 1. The van der Waals surface area contributed by atoms with Crippen molar-refractivity contribution in [3.05, 3.63) is 10.5 Å². The number of carboxylic acids is 1. The summed E-state index contributed by atoms with van der Waals surface area (Å²) in [5.41, 5.74) is -1.31. The molecule has 1 heterocycles. The molecular formula is C11H20N4O3S. The smallest absolute Gasteiger partial charge is 0.343 e. The van der Waals surface area contributed by atoms with E-state index in [-0.39, 0.29) is 5.69 Å². The summed E-state index contributed by atoms with van der Waals surface area (Å²) in [4.78, 5) is 22.7. The summed E-state index contributed by atoms with van der Waals surface area (Å²) in [6.45, 7) is 6.59. The van der Waals surface area contributed by atoms with Crippen molar-refractivity contribution >= 4 is 17.7 Å². The number of nitrogens with one attached hydrogen (secondary N) is 2. The van der Waals surface area contributed by atoms with Crippen molar-refractivity contribution in [3.63, 3.8) is 0 Å². The topological polar surface area (TPSA) is 100 Å². The second-order valence-electron chi connectivity index (χ2n) is 4.41. The molecule has 108 valence electrons. The minimum atomic E-state index is -1.03. The second kappa shape index (κ2) is 6.76. The van der Waals surface area contributed by atoms with Crippen LogP contribution in [0.5, 0.6) is 0 Å². The molecule has 0 saturated carbocycles. The maximum atomic E-state index is 11.4. The number of hydrogen-bond donors (Lipinski definition) is 3. The number of thioether (sulfide) groups is 1. The highest BCUT2D eigenvalue weighted by molar-refractivity contribution is 7.99. The number of carbonyl (C=O) groups is 1.